The minimum Gasteiger partial charge on any atom is -0.542 e. The van der Waals surface area contributed by atoms with Crippen LogP contribution in [0.1, 0.15) is 87.9 Å². The minimum absolute atomic E-state index is 0.124. The molecule has 4 aromatic rings. The summed E-state index contributed by atoms with van der Waals surface area (Å²) in [7, 11) is -1.07. The first-order chi connectivity index (χ1) is 22.2. The third-order valence-corrected chi connectivity index (χ3v) is 9.57. The van der Waals surface area contributed by atoms with Gasteiger partial charge in [0.05, 0.1) is 16.8 Å². The molecule has 1 saturated heterocycles. The van der Waals surface area contributed by atoms with E-state index in [2.05, 4.69) is 80.5 Å². The molecule has 0 spiro atoms. The van der Waals surface area contributed by atoms with Gasteiger partial charge in [0.25, 0.3) is 14.9 Å². The molecule has 1 aromatic heterocycles. The predicted molar refractivity (Wildman–Crippen MR) is 192 cm³/mol. The SMILES string of the molecule is C[Si](C)Oc1c(-c2ccc(-c3cc4cc(CN5CCCCC5)ccc4n3C(=O)OC(C)(C)C)c3c2CNC3=O)cccc1C(C)(C)C. The first-order valence-electron chi connectivity index (χ1n) is 16.9. The summed E-state index contributed by atoms with van der Waals surface area (Å²) in [6.45, 7) is 20.0. The molecule has 3 aromatic carbocycles. The summed E-state index contributed by atoms with van der Waals surface area (Å²) in [4.78, 5) is 30.1. The first kappa shape index (κ1) is 33.0. The van der Waals surface area contributed by atoms with E-state index >= 15 is 0 Å². The van der Waals surface area contributed by atoms with Crippen LogP contribution in [0.2, 0.25) is 13.1 Å². The summed E-state index contributed by atoms with van der Waals surface area (Å²) in [5.41, 5.74) is 7.13. The number of likely N-dealkylation sites (tertiary alicyclic amines) is 1. The van der Waals surface area contributed by atoms with Gasteiger partial charge in [-0.2, -0.15) is 0 Å². The van der Waals surface area contributed by atoms with Crippen molar-refractivity contribution in [2.45, 2.75) is 98.0 Å². The van der Waals surface area contributed by atoms with Gasteiger partial charge >= 0.3 is 6.09 Å². The van der Waals surface area contributed by atoms with Crippen LogP contribution in [-0.4, -0.2) is 49.2 Å². The average Bonchev–Trinajstić information content (AvgIpc) is 3.56. The van der Waals surface area contributed by atoms with E-state index in [1.54, 1.807) is 4.57 Å². The Bertz CT molecular complexity index is 1840. The van der Waals surface area contributed by atoms with Gasteiger partial charge in [-0.05, 0) is 106 Å². The Balaban J connectivity index is 1.53. The van der Waals surface area contributed by atoms with Gasteiger partial charge in [0.1, 0.15) is 11.4 Å². The molecule has 1 amide bonds. The number of nitrogens with zero attached hydrogens (tertiary/aromatic N) is 2. The third kappa shape index (κ3) is 6.76. The Morgan fingerprint density at radius 3 is 2.30 bits per heavy atom. The van der Waals surface area contributed by atoms with Crippen LogP contribution in [0.25, 0.3) is 33.3 Å². The van der Waals surface area contributed by atoms with Crippen molar-refractivity contribution in [2.75, 3.05) is 13.1 Å². The largest absolute Gasteiger partial charge is 0.542 e. The number of benzene rings is 3. The van der Waals surface area contributed by atoms with Gasteiger partial charge in [0, 0.05) is 29.6 Å². The number of hydrogen-bond donors (Lipinski definition) is 1. The van der Waals surface area contributed by atoms with Crippen molar-refractivity contribution in [3.05, 3.63) is 76.9 Å². The van der Waals surface area contributed by atoms with Gasteiger partial charge in [-0.3, -0.25) is 9.69 Å². The van der Waals surface area contributed by atoms with E-state index in [-0.39, 0.29) is 11.3 Å². The van der Waals surface area contributed by atoms with E-state index in [1.807, 2.05) is 39.0 Å². The van der Waals surface area contributed by atoms with Crippen molar-refractivity contribution >= 4 is 31.9 Å². The molecule has 0 saturated carbocycles. The van der Waals surface area contributed by atoms with Gasteiger partial charge in [-0.15, -0.1) is 0 Å². The van der Waals surface area contributed by atoms with Crippen molar-refractivity contribution in [2.24, 2.45) is 0 Å². The summed E-state index contributed by atoms with van der Waals surface area (Å²) in [6, 6.07) is 18.7. The highest BCUT2D eigenvalue weighted by Crippen LogP contribution is 2.44. The molecule has 0 atom stereocenters. The summed E-state index contributed by atoms with van der Waals surface area (Å²) < 4.78 is 14.2. The van der Waals surface area contributed by atoms with Crippen molar-refractivity contribution < 1.29 is 18.8 Å². The smallest absolute Gasteiger partial charge is 0.419 e. The zero-order valence-electron chi connectivity index (χ0n) is 29.2. The lowest BCUT2D eigenvalue weighted by Crippen LogP contribution is -2.29. The number of aromatic nitrogens is 1. The molecule has 47 heavy (non-hydrogen) atoms. The Morgan fingerprint density at radius 2 is 1.62 bits per heavy atom. The molecule has 8 heteroatoms. The highest BCUT2D eigenvalue weighted by molar-refractivity contribution is 6.49. The molecule has 0 aliphatic carbocycles. The van der Waals surface area contributed by atoms with Gasteiger partial charge < -0.3 is 14.5 Å². The maximum absolute atomic E-state index is 13.9. The fourth-order valence-electron chi connectivity index (χ4n) is 6.91. The van der Waals surface area contributed by atoms with E-state index in [0.29, 0.717) is 23.4 Å². The van der Waals surface area contributed by atoms with Crippen LogP contribution in [-0.2, 0) is 23.2 Å². The molecule has 0 unspecified atom stereocenters. The Kier molecular flexibility index (Phi) is 8.87. The highest BCUT2D eigenvalue weighted by atomic mass is 28.3. The summed E-state index contributed by atoms with van der Waals surface area (Å²) in [5.74, 6) is 0.742. The summed E-state index contributed by atoms with van der Waals surface area (Å²) in [6.07, 6.45) is 3.30. The first-order valence-corrected chi connectivity index (χ1v) is 19.3. The summed E-state index contributed by atoms with van der Waals surface area (Å²) >= 11 is 0. The minimum atomic E-state index is -1.07. The Morgan fingerprint density at radius 1 is 0.894 bits per heavy atom. The molecule has 2 aliphatic heterocycles. The van der Waals surface area contributed by atoms with E-state index in [4.69, 9.17) is 9.16 Å². The molecule has 3 heterocycles. The van der Waals surface area contributed by atoms with Crippen molar-refractivity contribution in [1.29, 1.82) is 0 Å². The Labute approximate surface area is 281 Å². The fraction of sp³-hybridized carbons (Fsp3) is 0.436. The maximum atomic E-state index is 13.9. The van der Waals surface area contributed by atoms with Gasteiger partial charge in [-0.1, -0.05) is 63.6 Å². The number of piperidine rings is 1. The third-order valence-electron chi connectivity index (χ3n) is 8.96. The van der Waals surface area contributed by atoms with Gasteiger partial charge in [-0.25, -0.2) is 9.36 Å². The monoisotopic (exact) mass is 650 g/mol. The zero-order chi connectivity index (χ0) is 33.7. The normalized spacial score (nSPS) is 15.6. The van der Waals surface area contributed by atoms with Crippen LogP contribution in [0.3, 0.4) is 0 Å². The van der Waals surface area contributed by atoms with E-state index in [1.165, 1.54) is 24.8 Å². The number of nitrogens with one attached hydrogen (secondary N) is 1. The van der Waals surface area contributed by atoms with Crippen LogP contribution < -0.4 is 9.74 Å². The van der Waals surface area contributed by atoms with Crippen LogP contribution in [0.5, 0.6) is 5.75 Å². The second kappa shape index (κ2) is 12.6. The highest BCUT2D eigenvalue weighted by Gasteiger charge is 2.32. The van der Waals surface area contributed by atoms with Crippen molar-refractivity contribution in [3.8, 4) is 28.1 Å². The number of fused-ring (bicyclic) bond motifs is 2. The number of carbonyl (C=O) groups is 2. The predicted octanol–water partition coefficient (Wildman–Crippen LogP) is 8.92. The number of rotatable bonds is 6. The average molecular weight is 651 g/mol. The van der Waals surface area contributed by atoms with Crippen LogP contribution >= 0.6 is 0 Å². The standard InChI is InChI=1S/C39H48N3O4Si/c1-38(2,3)31-14-12-13-28(35(31)46-47(7)8)27-16-17-29(34-30(27)23-40-36(34)43)33-22-26-21-25(24-41-19-10-9-11-20-41)15-18-32(26)42(33)37(44)45-39(4,5)6/h12-18,21-22H,9-11,19-20,23-24H2,1-8H3,(H,40,43). The number of carbonyl (C=O) groups excluding carboxylic acids is 2. The second-order valence-corrected chi connectivity index (χ2v) is 17.2. The quantitative estimate of drug-likeness (QED) is 0.211. The van der Waals surface area contributed by atoms with Gasteiger partial charge in [0.15, 0.2) is 0 Å². The topological polar surface area (TPSA) is 72.8 Å². The van der Waals surface area contributed by atoms with Crippen LogP contribution in [0.15, 0.2) is 54.6 Å². The van der Waals surface area contributed by atoms with E-state index in [0.717, 1.165) is 58.5 Å². The number of amides is 1. The van der Waals surface area contributed by atoms with E-state index in [9.17, 15) is 9.59 Å². The van der Waals surface area contributed by atoms with Crippen molar-refractivity contribution in [3.63, 3.8) is 0 Å². The molecule has 1 radical (unpaired) electrons. The van der Waals surface area contributed by atoms with Gasteiger partial charge in [0.2, 0.25) is 0 Å². The molecule has 0 bridgehead atoms. The fourth-order valence-corrected chi connectivity index (χ4v) is 7.54. The maximum Gasteiger partial charge on any atom is 0.419 e. The molecule has 1 N–H and O–H groups in total. The Hall–Kier alpha value is -3.88. The number of hydrogen-bond acceptors (Lipinski definition) is 5. The molecule has 247 valence electrons. The number of para-hydroxylation sites is 1. The molecular weight excluding hydrogens is 603 g/mol. The van der Waals surface area contributed by atoms with Crippen molar-refractivity contribution in [1.82, 2.24) is 14.8 Å². The lowest BCUT2D eigenvalue weighted by molar-refractivity contribution is 0.0547. The lowest BCUT2D eigenvalue weighted by atomic mass is 9.83. The second-order valence-electron chi connectivity index (χ2n) is 15.2. The van der Waals surface area contributed by atoms with E-state index < -0.39 is 20.7 Å². The summed E-state index contributed by atoms with van der Waals surface area (Å²) in [5, 5.41) is 4.03. The molecule has 6 rings (SSSR count). The number of ether oxygens (including phenoxy) is 1. The zero-order valence-corrected chi connectivity index (χ0v) is 30.2. The molecular formula is C39H48N3O4Si. The molecule has 1 fully saturated rings. The molecule has 7 nitrogen and oxygen atoms in total. The lowest BCUT2D eigenvalue weighted by Gasteiger charge is -2.27. The van der Waals surface area contributed by atoms with Crippen LogP contribution in [0, 0.1) is 0 Å². The van der Waals surface area contributed by atoms with Crippen LogP contribution in [0.4, 0.5) is 4.79 Å². The molecule has 2 aliphatic rings.